The molecule has 0 aliphatic rings. The number of hydrogen-bond acceptors (Lipinski definition) is 2. The minimum absolute atomic E-state index is 0. The zero-order valence-corrected chi connectivity index (χ0v) is 15.3. The van der Waals surface area contributed by atoms with Crippen molar-refractivity contribution in [2.75, 3.05) is 40.8 Å². The Morgan fingerprint density at radius 1 is 1.20 bits per heavy atom. The summed E-state index contributed by atoms with van der Waals surface area (Å²) in [5.41, 5.74) is 1.29. The number of halogens is 1. The average molecular weight is 390 g/mol. The zero-order valence-electron chi connectivity index (χ0n) is 13.0. The predicted molar refractivity (Wildman–Crippen MR) is 97.9 cm³/mol. The summed E-state index contributed by atoms with van der Waals surface area (Å²) in [5.74, 6) is 0.938. The molecule has 0 aliphatic heterocycles. The second-order valence-corrected chi connectivity index (χ2v) is 4.71. The average Bonchev–Trinajstić information content (AvgIpc) is 2.44. The highest BCUT2D eigenvalue weighted by Gasteiger charge is 2.06. The van der Waals surface area contributed by atoms with Crippen LogP contribution >= 0.6 is 24.0 Å². The van der Waals surface area contributed by atoms with Crippen molar-refractivity contribution < 1.29 is 0 Å². The molecule has 1 rings (SSSR count). The fraction of sp³-hybridized carbons (Fsp3) is 0.533. The van der Waals surface area contributed by atoms with Crippen molar-refractivity contribution in [3.63, 3.8) is 0 Å². The number of rotatable bonds is 6. The maximum atomic E-state index is 4.32. The first kappa shape index (κ1) is 19.2. The van der Waals surface area contributed by atoms with E-state index in [1.54, 1.807) is 0 Å². The third kappa shape index (κ3) is 7.09. The molecule has 4 nitrogen and oxygen atoms in total. The van der Waals surface area contributed by atoms with Gasteiger partial charge in [0.2, 0.25) is 0 Å². The van der Waals surface area contributed by atoms with E-state index in [2.05, 4.69) is 65.4 Å². The molecule has 0 fully saturated rings. The molecule has 0 radical (unpaired) electrons. The Morgan fingerprint density at radius 2 is 1.85 bits per heavy atom. The van der Waals surface area contributed by atoms with Gasteiger partial charge in [-0.3, -0.25) is 4.99 Å². The van der Waals surface area contributed by atoms with E-state index in [0.29, 0.717) is 0 Å². The van der Waals surface area contributed by atoms with E-state index >= 15 is 0 Å². The van der Waals surface area contributed by atoms with Crippen molar-refractivity contribution in [1.29, 1.82) is 0 Å². The van der Waals surface area contributed by atoms with Crippen molar-refractivity contribution in [2.45, 2.75) is 13.5 Å². The third-order valence-corrected chi connectivity index (χ3v) is 3.15. The predicted octanol–water partition coefficient (Wildman–Crippen LogP) is 2.26. The standard InChI is InChI=1S/C15H26N4.HI/c1-5-18(3)12-11-17-15(16-2)19(4)13-14-9-7-6-8-10-14;/h6-10H,5,11-13H2,1-4H3,(H,16,17);1H. The molecular weight excluding hydrogens is 363 g/mol. The van der Waals surface area contributed by atoms with Crippen molar-refractivity contribution in [3.8, 4) is 0 Å². The summed E-state index contributed by atoms with van der Waals surface area (Å²) in [7, 11) is 6.01. The molecule has 1 aromatic rings. The summed E-state index contributed by atoms with van der Waals surface area (Å²) in [4.78, 5) is 8.74. The van der Waals surface area contributed by atoms with Gasteiger partial charge < -0.3 is 15.1 Å². The second-order valence-electron chi connectivity index (χ2n) is 4.71. The van der Waals surface area contributed by atoms with Gasteiger partial charge in [0.05, 0.1) is 0 Å². The summed E-state index contributed by atoms with van der Waals surface area (Å²) in [6.45, 7) is 6.03. The smallest absolute Gasteiger partial charge is 0.193 e. The summed E-state index contributed by atoms with van der Waals surface area (Å²) < 4.78 is 0. The molecule has 0 saturated carbocycles. The summed E-state index contributed by atoms with van der Waals surface area (Å²) in [6.07, 6.45) is 0. The molecule has 0 atom stereocenters. The number of hydrogen-bond donors (Lipinski definition) is 1. The lowest BCUT2D eigenvalue weighted by atomic mass is 10.2. The molecule has 5 heteroatoms. The van der Waals surface area contributed by atoms with E-state index in [1.807, 2.05) is 13.1 Å². The summed E-state index contributed by atoms with van der Waals surface area (Å²) in [6, 6.07) is 10.4. The maximum Gasteiger partial charge on any atom is 0.193 e. The highest BCUT2D eigenvalue weighted by atomic mass is 127. The number of likely N-dealkylation sites (N-methyl/N-ethyl adjacent to an activating group) is 1. The van der Waals surface area contributed by atoms with E-state index in [9.17, 15) is 0 Å². The van der Waals surface area contributed by atoms with Gasteiger partial charge in [-0.2, -0.15) is 0 Å². The molecule has 0 saturated heterocycles. The molecule has 1 N–H and O–H groups in total. The monoisotopic (exact) mass is 390 g/mol. The number of nitrogens with zero attached hydrogens (tertiary/aromatic N) is 3. The van der Waals surface area contributed by atoms with E-state index < -0.39 is 0 Å². The first-order valence-corrected chi connectivity index (χ1v) is 6.81. The van der Waals surface area contributed by atoms with Crippen LogP contribution in [0.1, 0.15) is 12.5 Å². The Kier molecular flexibility index (Phi) is 10.5. The Balaban J connectivity index is 0.00000361. The van der Waals surface area contributed by atoms with Gasteiger partial charge in [-0.15, -0.1) is 24.0 Å². The van der Waals surface area contributed by atoms with Crippen LogP contribution in [0.2, 0.25) is 0 Å². The molecule has 0 heterocycles. The summed E-state index contributed by atoms with van der Waals surface area (Å²) in [5, 5.41) is 3.39. The van der Waals surface area contributed by atoms with Gasteiger partial charge in [0, 0.05) is 33.7 Å². The second kappa shape index (κ2) is 10.9. The molecule has 0 amide bonds. The zero-order chi connectivity index (χ0) is 14.1. The Morgan fingerprint density at radius 3 is 2.40 bits per heavy atom. The van der Waals surface area contributed by atoms with Crippen LogP contribution in [-0.2, 0) is 6.54 Å². The van der Waals surface area contributed by atoms with Crippen molar-refractivity contribution in [2.24, 2.45) is 4.99 Å². The molecular formula is C15H27IN4. The van der Waals surface area contributed by atoms with E-state index in [1.165, 1.54) is 5.56 Å². The largest absolute Gasteiger partial charge is 0.355 e. The van der Waals surface area contributed by atoms with Crippen LogP contribution in [0.3, 0.4) is 0 Å². The lowest BCUT2D eigenvalue weighted by Gasteiger charge is -2.23. The fourth-order valence-corrected chi connectivity index (χ4v) is 1.83. The molecule has 0 unspecified atom stereocenters. The Bertz CT molecular complexity index is 381. The Labute approximate surface area is 140 Å². The van der Waals surface area contributed by atoms with E-state index in [-0.39, 0.29) is 24.0 Å². The highest BCUT2D eigenvalue weighted by Crippen LogP contribution is 2.02. The first-order chi connectivity index (χ1) is 9.17. The van der Waals surface area contributed by atoms with Crippen LogP contribution < -0.4 is 5.32 Å². The van der Waals surface area contributed by atoms with E-state index in [0.717, 1.165) is 32.1 Å². The normalized spacial score (nSPS) is 11.2. The third-order valence-electron chi connectivity index (χ3n) is 3.15. The maximum absolute atomic E-state index is 4.32. The van der Waals surface area contributed by atoms with Crippen LogP contribution in [-0.4, -0.2) is 56.5 Å². The quantitative estimate of drug-likeness (QED) is 0.459. The van der Waals surface area contributed by atoms with Gasteiger partial charge in [-0.1, -0.05) is 37.3 Å². The topological polar surface area (TPSA) is 30.9 Å². The van der Waals surface area contributed by atoms with Gasteiger partial charge in [0.15, 0.2) is 5.96 Å². The van der Waals surface area contributed by atoms with Gasteiger partial charge in [-0.25, -0.2) is 0 Å². The molecule has 0 aromatic heterocycles. The molecule has 20 heavy (non-hydrogen) atoms. The van der Waals surface area contributed by atoms with Crippen molar-refractivity contribution >= 4 is 29.9 Å². The molecule has 0 aliphatic carbocycles. The van der Waals surface area contributed by atoms with Crippen molar-refractivity contribution in [1.82, 2.24) is 15.1 Å². The fourth-order valence-electron chi connectivity index (χ4n) is 1.83. The van der Waals surface area contributed by atoms with Crippen LogP contribution in [0, 0.1) is 0 Å². The SMILES string of the molecule is CCN(C)CCNC(=NC)N(C)Cc1ccccc1.I. The van der Waals surface area contributed by atoms with Gasteiger partial charge >= 0.3 is 0 Å². The lowest BCUT2D eigenvalue weighted by Crippen LogP contribution is -2.41. The number of guanidine groups is 1. The van der Waals surface area contributed by atoms with Gasteiger partial charge in [0.25, 0.3) is 0 Å². The van der Waals surface area contributed by atoms with Crippen LogP contribution in [0.4, 0.5) is 0 Å². The Hall–Kier alpha value is -0.820. The first-order valence-electron chi connectivity index (χ1n) is 6.81. The molecule has 0 bridgehead atoms. The van der Waals surface area contributed by atoms with E-state index in [4.69, 9.17) is 0 Å². The minimum Gasteiger partial charge on any atom is -0.355 e. The number of aliphatic imine (C=N–C) groups is 1. The van der Waals surface area contributed by atoms with Gasteiger partial charge in [-0.05, 0) is 19.2 Å². The van der Waals surface area contributed by atoms with Crippen LogP contribution in [0.25, 0.3) is 0 Å². The molecule has 0 spiro atoms. The minimum atomic E-state index is 0. The summed E-state index contributed by atoms with van der Waals surface area (Å²) >= 11 is 0. The number of benzene rings is 1. The molecule has 1 aromatic carbocycles. The molecule has 114 valence electrons. The van der Waals surface area contributed by atoms with Gasteiger partial charge in [0.1, 0.15) is 0 Å². The van der Waals surface area contributed by atoms with Crippen LogP contribution in [0.5, 0.6) is 0 Å². The number of nitrogens with one attached hydrogen (secondary N) is 1. The lowest BCUT2D eigenvalue weighted by molar-refractivity contribution is 0.353. The van der Waals surface area contributed by atoms with Crippen LogP contribution in [0.15, 0.2) is 35.3 Å². The van der Waals surface area contributed by atoms with Crippen molar-refractivity contribution in [3.05, 3.63) is 35.9 Å². The highest BCUT2D eigenvalue weighted by molar-refractivity contribution is 14.0.